The number of hydrogen-bond donors (Lipinski definition) is 1. The zero-order valence-corrected chi connectivity index (χ0v) is 13.6. The lowest BCUT2D eigenvalue weighted by atomic mass is 10.1. The number of anilines is 1. The Morgan fingerprint density at radius 1 is 1.15 bits per heavy atom. The Labute approximate surface area is 132 Å². The maximum Gasteiger partial charge on any atom is 0.224 e. The van der Waals surface area contributed by atoms with Crippen LogP contribution in [0.3, 0.4) is 0 Å². The topological polar surface area (TPSA) is 29.1 Å². The largest absolute Gasteiger partial charge is 0.325 e. The number of nitrogens with one attached hydrogen (secondary N) is 1. The van der Waals surface area contributed by atoms with Crippen molar-refractivity contribution in [2.75, 3.05) is 11.6 Å². The fraction of sp³-hybridized carbons (Fsp3) is 0.188. The van der Waals surface area contributed by atoms with Gasteiger partial charge in [0.05, 0.1) is 5.69 Å². The van der Waals surface area contributed by atoms with Crippen molar-refractivity contribution in [2.45, 2.75) is 17.7 Å². The highest BCUT2D eigenvalue weighted by Crippen LogP contribution is 2.24. The molecule has 0 heterocycles. The van der Waals surface area contributed by atoms with E-state index in [1.165, 1.54) is 5.56 Å². The summed E-state index contributed by atoms with van der Waals surface area (Å²) in [6, 6.07) is 15.9. The molecule has 2 rings (SSSR count). The van der Waals surface area contributed by atoms with E-state index < -0.39 is 0 Å². The first-order chi connectivity index (χ1) is 9.69. The van der Waals surface area contributed by atoms with Crippen LogP contribution in [0.2, 0.25) is 0 Å². The van der Waals surface area contributed by atoms with Gasteiger partial charge in [0.1, 0.15) is 0 Å². The van der Waals surface area contributed by atoms with Gasteiger partial charge in [0.2, 0.25) is 5.91 Å². The maximum atomic E-state index is 12.0. The number of hydrogen-bond acceptors (Lipinski definition) is 2. The van der Waals surface area contributed by atoms with Crippen molar-refractivity contribution in [3.63, 3.8) is 0 Å². The summed E-state index contributed by atoms with van der Waals surface area (Å²) in [4.78, 5) is 13.1. The van der Waals surface area contributed by atoms with Crippen LogP contribution in [0.1, 0.15) is 12.0 Å². The number of rotatable bonds is 5. The molecule has 2 aromatic carbocycles. The van der Waals surface area contributed by atoms with E-state index in [9.17, 15) is 4.79 Å². The second kappa shape index (κ2) is 7.50. The Morgan fingerprint density at radius 2 is 1.85 bits per heavy atom. The number of para-hydroxylation sites is 1. The molecule has 0 atom stereocenters. The molecule has 0 unspecified atom stereocenters. The molecule has 104 valence electrons. The van der Waals surface area contributed by atoms with Gasteiger partial charge in [-0.15, -0.1) is 11.8 Å². The minimum atomic E-state index is 0.0504. The van der Waals surface area contributed by atoms with Gasteiger partial charge in [-0.25, -0.2) is 0 Å². The van der Waals surface area contributed by atoms with E-state index in [0.717, 1.165) is 21.5 Å². The fourth-order valence-corrected chi connectivity index (χ4v) is 2.69. The van der Waals surface area contributed by atoms with Crippen molar-refractivity contribution in [2.24, 2.45) is 0 Å². The van der Waals surface area contributed by atoms with Crippen LogP contribution in [0.5, 0.6) is 0 Å². The number of carbonyl (C=O) groups excluding carboxylic acids is 1. The first-order valence-corrected chi connectivity index (χ1v) is 8.38. The number of carbonyl (C=O) groups is 1. The van der Waals surface area contributed by atoms with Gasteiger partial charge in [0.25, 0.3) is 0 Å². The lowest BCUT2D eigenvalue weighted by Crippen LogP contribution is -2.12. The van der Waals surface area contributed by atoms with Crippen LogP contribution in [-0.2, 0) is 11.2 Å². The van der Waals surface area contributed by atoms with Gasteiger partial charge in [-0.2, -0.15) is 0 Å². The molecule has 0 aliphatic heterocycles. The van der Waals surface area contributed by atoms with Crippen LogP contribution in [0, 0.1) is 0 Å². The molecule has 1 N–H and O–H groups in total. The van der Waals surface area contributed by atoms with Crippen LogP contribution in [0.15, 0.2) is 57.9 Å². The molecule has 0 bridgehead atoms. The van der Waals surface area contributed by atoms with E-state index in [4.69, 9.17) is 0 Å². The molecule has 0 aliphatic carbocycles. The zero-order valence-electron chi connectivity index (χ0n) is 11.2. The SMILES string of the molecule is CSc1ccccc1NC(=O)CCc1ccc(Br)cc1. The molecule has 0 radical (unpaired) electrons. The summed E-state index contributed by atoms with van der Waals surface area (Å²) < 4.78 is 1.06. The average Bonchev–Trinajstić information content (AvgIpc) is 2.47. The molecule has 0 fully saturated rings. The smallest absolute Gasteiger partial charge is 0.224 e. The van der Waals surface area contributed by atoms with Crippen LogP contribution in [0.25, 0.3) is 0 Å². The highest BCUT2D eigenvalue weighted by atomic mass is 79.9. The molecule has 0 saturated heterocycles. The summed E-state index contributed by atoms with van der Waals surface area (Å²) in [5, 5.41) is 2.97. The third kappa shape index (κ3) is 4.39. The molecule has 4 heteroatoms. The molecule has 0 aliphatic rings. The molecular weight excluding hydrogens is 334 g/mol. The van der Waals surface area contributed by atoms with Gasteiger partial charge >= 0.3 is 0 Å². The van der Waals surface area contributed by atoms with Crippen molar-refractivity contribution in [1.82, 2.24) is 0 Å². The summed E-state index contributed by atoms with van der Waals surface area (Å²) >= 11 is 5.04. The fourth-order valence-electron chi connectivity index (χ4n) is 1.87. The molecule has 20 heavy (non-hydrogen) atoms. The van der Waals surface area contributed by atoms with E-state index in [-0.39, 0.29) is 5.91 Å². The minimum Gasteiger partial charge on any atom is -0.325 e. The summed E-state index contributed by atoms with van der Waals surface area (Å²) in [6.07, 6.45) is 3.25. The van der Waals surface area contributed by atoms with Crippen molar-refractivity contribution in [1.29, 1.82) is 0 Å². The predicted molar refractivity (Wildman–Crippen MR) is 89.3 cm³/mol. The summed E-state index contributed by atoms with van der Waals surface area (Å²) in [5.74, 6) is 0.0504. The van der Waals surface area contributed by atoms with Gasteiger partial charge in [0, 0.05) is 15.8 Å². The van der Waals surface area contributed by atoms with Crippen molar-refractivity contribution < 1.29 is 4.79 Å². The monoisotopic (exact) mass is 349 g/mol. The standard InChI is InChI=1S/C16H16BrNOS/c1-20-15-5-3-2-4-14(15)18-16(19)11-8-12-6-9-13(17)10-7-12/h2-7,9-10H,8,11H2,1H3,(H,18,19). The maximum absolute atomic E-state index is 12.0. The molecule has 1 amide bonds. The lowest BCUT2D eigenvalue weighted by molar-refractivity contribution is -0.116. The first kappa shape index (κ1) is 15.1. The zero-order chi connectivity index (χ0) is 14.4. The van der Waals surface area contributed by atoms with E-state index >= 15 is 0 Å². The third-order valence-corrected chi connectivity index (χ3v) is 4.26. The Balaban J connectivity index is 1.91. The predicted octanol–water partition coefficient (Wildman–Crippen LogP) is 4.74. The Hall–Kier alpha value is -1.26. The molecule has 0 aromatic heterocycles. The van der Waals surface area contributed by atoms with E-state index in [0.29, 0.717) is 6.42 Å². The second-order valence-electron chi connectivity index (χ2n) is 4.37. The Bertz CT molecular complexity index is 583. The van der Waals surface area contributed by atoms with Gasteiger partial charge in [-0.3, -0.25) is 4.79 Å². The van der Waals surface area contributed by atoms with Crippen molar-refractivity contribution in [3.8, 4) is 0 Å². The Kier molecular flexibility index (Phi) is 5.68. The van der Waals surface area contributed by atoms with Crippen LogP contribution >= 0.6 is 27.7 Å². The van der Waals surface area contributed by atoms with E-state index in [1.807, 2.05) is 54.8 Å². The molecule has 2 aromatic rings. The van der Waals surface area contributed by atoms with E-state index in [2.05, 4.69) is 21.2 Å². The highest BCUT2D eigenvalue weighted by Gasteiger charge is 2.06. The number of thioether (sulfide) groups is 1. The number of aryl methyl sites for hydroxylation is 1. The summed E-state index contributed by atoms with van der Waals surface area (Å²) in [5.41, 5.74) is 2.06. The van der Waals surface area contributed by atoms with E-state index in [1.54, 1.807) is 11.8 Å². The second-order valence-corrected chi connectivity index (χ2v) is 6.14. The van der Waals surface area contributed by atoms with Crippen molar-refractivity contribution >= 4 is 39.3 Å². The quantitative estimate of drug-likeness (QED) is 0.789. The number of halogens is 1. The first-order valence-electron chi connectivity index (χ1n) is 6.36. The highest BCUT2D eigenvalue weighted by molar-refractivity contribution is 9.10. The normalized spacial score (nSPS) is 10.3. The van der Waals surface area contributed by atoms with Crippen LogP contribution in [0.4, 0.5) is 5.69 Å². The molecule has 0 saturated carbocycles. The Morgan fingerprint density at radius 3 is 2.55 bits per heavy atom. The van der Waals surface area contributed by atoms with Gasteiger partial charge in [-0.05, 0) is 42.5 Å². The third-order valence-electron chi connectivity index (χ3n) is 2.94. The van der Waals surface area contributed by atoms with Crippen molar-refractivity contribution in [3.05, 3.63) is 58.6 Å². The van der Waals surface area contributed by atoms with Gasteiger partial charge < -0.3 is 5.32 Å². The van der Waals surface area contributed by atoms with Gasteiger partial charge in [-0.1, -0.05) is 40.2 Å². The minimum absolute atomic E-state index is 0.0504. The molecule has 2 nitrogen and oxygen atoms in total. The van der Waals surface area contributed by atoms with Gasteiger partial charge in [0.15, 0.2) is 0 Å². The summed E-state index contributed by atoms with van der Waals surface area (Å²) in [6.45, 7) is 0. The summed E-state index contributed by atoms with van der Waals surface area (Å²) in [7, 11) is 0. The molecular formula is C16H16BrNOS. The van der Waals surface area contributed by atoms with Crippen LogP contribution < -0.4 is 5.32 Å². The average molecular weight is 350 g/mol. The number of amides is 1. The number of benzene rings is 2. The lowest BCUT2D eigenvalue weighted by Gasteiger charge is -2.09. The molecule has 0 spiro atoms. The van der Waals surface area contributed by atoms with Crippen LogP contribution in [-0.4, -0.2) is 12.2 Å².